The zero-order valence-corrected chi connectivity index (χ0v) is 8.45. The second-order valence-corrected chi connectivity index (χ2v) is 4.16. The Labute approximate surface area is 84.4 Å². The molecule has 1 saturated carbocycles. The monoisotopic (exact) mass is 198 g/mol. The lowest BCUT2D eigenvalue weighted by molar-refractivity contribution is -0.146. The fourth-order valence-corrected chi connectivity index (χ4v) is 2.41. The normalized spacial score (nSPS) is 34.6. The van der Waals surface area contributed by atoms with Crippen molar-refractivity contribution in [2.24, 2.45) is 5.73 Å². The van der Waals surface area contributed by atoms with E-state index in [9.17, 15) is 4.79 Å². The minimum atomic E-state index is 0.110. The molecular formula is C10H18N2O2. The van der Waals surface area contributed by atoms with E-state index in [4.69, 9.17) is 10.5 Å². The van der Waals surface area contributed by atoms with Gasteiger partial charge in [0, 0.05) is 18.6 Å². The van der Waals surface area contributed by atoms with Gasteiger partial charge in [-0.3, -0.25) is 4.79 Å². The van der Waals surface area contributed by atoms with Gasteiger partial charge in [-0.25, -0.2) is 0 Å². The van der Waals surface area contributed by atoms with E-state index in [1.807, 2.05) is 4.90 Å². The summed E-state index contributed by atoms with van der Waals surface area (Å²) in [5, 5.41) is 0. The van der Waals surface area contributed by atoms with E-state index in [-0.39, 0.29) is 24.6 Å². The Morgan fingerprint density at radius 1 is 1.36 bits per heavy atom. The molecule has 80 valence electrons. The molecule has 1 amide bonds. The highest BCUT2D eigenvalue weighted by Gasteiger charge is 2.32. The molecule has 2 aliphatic rings. The highest BCUT2D eigenvalue weighted by Crippen LogP contribution is 2.22. The Morgan fingerprint density at radius 2 is 2.14 bits per heavy atom. The molecule has 0 radical (unpaired) electrons. The van der Waals surface area contributed by atoms with Crippen LogP contribution < -0.4 is 5.73 Å². The van der Waals surface area contributed by atoms with Crippen molar-refractivity contribution >= 4 is 5.91 Å². The number of carbonyl (C=O) groups is 1. The van der Waals surface area contributed by atoms with Crippen molar-refractivity contribution in [2.75, 3.05) is 19.8 Å². The van der Waals surface area contributed by atoms with E-state index < -0.39 is 0 Å². The van der Waals surface area contributed by atoms with Crippen molar-refractivity contribution in [2.45, 2.75) is 37.8 Å². The Morgan fingerprint density at radius 3 is 2.86 bits per heavy atom. The van der Waals surface area contributed by atoms with Gasteiger partial charge in [-0.05, 0) is 12.8 Å². The molecule has 1 aliphatic carbocycles. The quantitative estimate of drug-likeness (QED) is 0.651. The first-order valence-electron chi connectivity index (χ1n) is 5.42. The minimum Gasteiger partial charge on any atom is -0.370 e. The van der Waals surface area contributed by atoms with Crippen molar-refractivity contribution in [3.05, 3.63) is 0 Å². The highest BCUT2D eigenvalue weighted by molar-refractivity contribution is 5.78. The Balaban J connectivity index is 2.00. The number of nitrogens with two attached hydrogens (primary N) is 1. The predicted molar refractivity (Wildman–Crippen MR) is 52.8 cm³/mol. The van der Waals surface area contributed by atoms with Crippen LogP contribution in [0.25, 0.3) is 0 Å². The fourth-order valence-electron chi connectivity index (χ4n) is 2.41. The molecule has 14 heavy (non-hydrogen) atoms. The third-order valence-electron chi connectivity index (χ3n) is 3.20. The molecule has 0 aromatic rings. The molecule has 2 N–H and O–H groups in total. The van der Waals surface area contributed by atoms with Crippen LogP contribution in [0.2, 0.25) is 0 Å². The van der Waals surface area contributed by atoms with Gasteiger partial charge in [-0.15, -0.1) is 0 Å². The van der Waals surface area contributed by atoms with Gasteiger partial charge < -0.3 is 15.4 Å². The molecule has 0 aromatic carbocycles. The highest BCUT2D eigenvalue weighted by atomic mass is 16.5. The summed E-state index contributed by atoms with van der Waals surface area (Å²) in [6.45, 7) is 1.62. The second-order valence-electron chi connectivity index (χ2n) is 4.16. The van der Waals surface area contributed by atoms with Gasteiger partial charge >= 0.3 is 0 Å². The van der Waals surface area contributed by atoms with Crippen LogP contribution in [0.15, 0.2) is 0 Å². The van der Waals surface area contributed by atoms with Crippen molar-refractivity contribution in [1.82, 2.24) is 4.90 Å². The standard InChI is InChI=1S/C10H18N2O2/c11-8-3-1-2-4-9(8)12-5-6-14-7-10(12)13/h8-9H,1-7,11H2/t8-,9-/m1/s1. The van der Waals surface area contributed by atoms with E-state index in [1.54, 1.807) is 0 Å². The number of morpholine rings is 1. The van der Waals surface area contributed by atoms with Gasteiger partial charge in [-0.1, -0.05) is 12.8 Å². The molecule has 1 saturated heterocycles. The predicted octanol–water partition coefficient (Wildman–Crippen LogP) is 0.115. The van der Waals surface area contributed by atoms with Crippen LogP contribution in [0.3, 0.4) is 0 Å². The summed E-state index contributed by atoms with van der Waals surface area (Å²) in [5.41, 5.74) is 6.04. The number of hydrogen-bond donors (Lipinski definition) is 1. The number of nitrogens with zero attached hydrogens (tertiary/aromatic N) is 1. The van der Waals surface area contributed by atoms with Crippen LogP contribution in [-0.4, -0.2) is 42.6 Å². The number of rotatable bonds is 1. The van der Waals surface area contributed by atoms with Gasteiger partial charge in [0.05, 0.1) is 6.61 Å². The van der Waals surface area contributed by atoms with Gasteiger partial charge in [0.15, 0.2) is 0 Å². The number of hydrogen-bond acceptors (Lipinski definition) is 3. The molecule has 2 fully saturated rings. The SMILES string of the molecule is N[C@@H]1CCCC[C@H]1N1CCOCC1=O. The van der Waals surface area contributed by atoms with E-state index in [2.05, 4.69) is 0 Å². The maximum atomic E-state index is 11.6. The lowest BCUT2D eigenvalue weighted by Gasteiger charge is -2.40. The van der Waals surface area contributed by atoms with Crippen LogP contribution in [0, 0.1) is 0 Å². The third kappa shape index (κ3) is 1.91. The smallest absolute Gasteiger partial charge is 0.248 e. The zero-order chi connectivity index (χ0) is 9.97. The topological polar surface area (TPSA) is 55.6 Å². The molecule has 4 heteroatoms. The molecule has 4 nitrogen and oxygen atoms in total. The average molecular weight is 198 g/mol. The molecule has 0 unspecified atom stereocenters. The Hall–Kier alpha value is -0.610. The minimum absolute atomic E-state index is 0.110. The molecule has 1 aliphatic heterocycles. The summed E-state index contributed by atoms with van der Waals surface area (Å²) < 4.78 is 5.11. The van der Waals surface area contributed by atoms with Crippen LogP contribution in [0.4, 0.5) is 0 Å². The second kappa shape index (κ2) is 4.28. The number of carbonyl (C=O) groups excluding carboxylic acids is 1. The molecule has 0 bridgehead atoms. The molecule has 0 spiro atoms. The third-order valence-corrected chi connectivity index (χ3v) is 3.20. The lowest BCUT2D eigenvalue weighted by atomic mass is 9.89. The lowest BCUT2D eigenvalue weighted by Crippen LogP contribution is -2.55. The zero-order valence-electron chi connectivity index (χ0n) is 8.45. The fraction of sp³-hybridized carbons (Fsp3) is 0.900. The average Bonchev–Trinajstić information content (AvgIpc) is 2.20. The first kappa shape index (κ1) is 9.93. The maximum absolute atomic E-state index is 11.6. The first-order chi connectivity index (χ1) is 6.79. The van der Waals surface area contributed by atoms with Gasteiger partial charge in [0.1, 0.15) is 6.61 Å². The van der Waals surface area contributed by atoms with Crippen LogP contribution in [-0.2, 0) is 9.53 Å². The van der Waals surface area contributed by atoms with E-state index >= 15 is 0 Å². The van der Waals surface area contributed by atoms with E-state index in [1.165, 1.54) is 12.8 Å². The van der Waals surface area contributed by atoms with Gasteiger partial charge in [-0.2, -0.15) is 0 Å². The van der Waals surface area contributed by atoms with E-state index in [0.717, 1.165) is 19.4 Å². The summed E-state index contributed by atoms with van der Waals surface area (Å²) in [4.78, 5) is 13.5. The van der Waals surface area contributed by atoms with Crippen LogP contribution in [0.1, 0.15) is 25.7 Å². The van der Waals surface area contributed by atoms with Crippen LogP contribution in [0.5, 0.6) is 0 Å². The maximum Gasteiger partial charge on any atom is 0.248 e. The number of amides is 1. The Bertz CT molecular complexity index is 220. The van der Waals surface area contributed by atoms with Crippen molar-refractivity contribution in [3.63, 3.8) is 0 Å². The molecule has 1 heterocycles. The Kier molecular flexibility index (Phi) is 3.03. The first-order valence-corrected chi connectivity index (χ1v) is 5.42. The molecule has 0 aromatic heterocycles. The summed E-state index contributed by atoms with van der Waals surface area (Å²) in [6, 6.07) is 0.436. The van der Waals surface area contributed by atoms with Gasteiger partial charge in [0.2, 0.25) is 5.91 Å². The van der Waals surface area contributed by atoms with Crippen molar-refractivity contribution < 1.29 is 9.53 Å². The van der Waals surface area contributed by atoms with Crippen LogP contribution >= 0.6 is 0 Å². The van der Waals surface area contributed by atoms with E-state index in [0.29, 0.717) is 6.61 Å². The van der Waals surface area contributed by atoms with Crippen molar-refractivity contribution in [3.8, 4) is 0 Å². The summed E-state index contributed by atoms with van der Waals surface area (Å²) in [5.74, 6) is 0.110. The number of ether oxygens (including phenoxy) is 1. The summed E-state index contributed by atoms with van der Waals surface area (Å²) in [6.07, 6.45) is 4.52. The molecule has 2 atom stereocenters. The van der Waals surface area contributed by atoms with Gasteiger partial charge in [0.25, 0.3) is 0 Å². The molecule has 2 rings (SSSR count). The molecular weight excluding hydrogens is 180 g/mol. The largest absolute Gasteiger partial charge is 0.370 e. The van der Waals surface area contributed by atoms with Crippen molar-refractivity contribution in [1.29, 1.82) is 0 Å². The summed E-state index contributed by atoms with van der Waals surface area (Å²) >= 11 is 0. The summed E-state index contributed by atoms with van der Waals surface area (Å²) in [7, 11) is 0.